The van der Waals surface area contributed by atoms with Gasteiger partial charge in [0.25, 0.3) is 0 Å². The standard InChI is InChI=1S/C23H22F3NO3SSe/c1-4-18(22(28)29)30-19-10-9-17(11-13(19)2)32-12-20-14(3)27-21(31-20)15-5-7-16(8-6-15)23(24,25)26/h5-11,18H,4,12H2,1-3H3,(H,28,29). The van der Waals surface area contributed by atoms with Crippen molar-refractivity contribution in [1.29, 1.82) is 0 Å². The molecular formula is C23H22F3NO3SSe. The number of carbonyl (C=O) groups is 1. The number of halogens is 3. The number of hydrogen-bond acceptors (Lipinski definition) is 4. The van der Waals surface area contributed by atoms with Crippen molar-refractivity contribution in [2.24, 2.45) is 0 Å². The van der Waals surface area contributed by atoms with Crippen molar-refractivity contribution in [2.45, 2.75) is 44.8 Å². The predicted octanol–water partition coefficient (Wildman–Crippen LogP) is 5.22. The Morgan fingerprint density at radius 3 is 2.44 bits per heavy atom. The van der Waals surface area contributed by atoms with Gasteiger partial charge >= 0.3 is 195 Å². The minimum absolute atomic E-state index is 0.120. The van der Waals surface area contributed by atoms with Crippen LogP contribution in [-0.4, -0.2) is 37.1 Å². The van der Waals surface area contributed by atoms with Crippen LogP contribution in [0.3, 0.4) is 0 Å². The predicted molar refractivity (Wildman–Crippen MR) is 120 cm³/mol. The Kier molecular flexibility index (Phi) is 7.64. The van der Waals surface area contributed by atoms with E-state index in [4.69, 9.17) is 4.74 Å². The van der Waals surface area contributed by atoms with Gasteiger partial charge in [-0.2, -0.15) is 0 Å². The monoisotopic (exact) mass is 529 g/mol. The topological polar surface area (TPSA) is 59.4 Å². The Hall–Kier alpha value is -2.35. The first kappa shape index (κ1) is 24.3. The van der Waals surface area contributed by atoms with Gasteiger partial charge in [0.1, 0.15) is 0 Å². The molecule has 1 heterocycles. The number of hydrogen-bond donors (Lipinski definition) is 1. The summed E-state index contributed by atoms with van der Waals surface area (Å²) in [4.78, 5) is 16.8. The zero-order valence-electron chi connectivity index (χ0n) is 17.7. The zero-order valence-corrected chi connectivity index (χ0v) is 20.2. The Morgan fingerprint density at radius 2 is 1.88 bits per heavy atom. The first-order valence-corrected chi connectivity index (χ1v) is 12.7. The molecule has 1 aromatic heterocycles. The molecule has 0 aliphatic heterocycles. The Bertz CT molecular complexity index is 1100. The molecule has 2 aromatic carbocycles. The van der Waals surface area contributed by atoms with E-state index in [1.807, 2.05) is 32.0 Å². The molecule has 0 bridgehead atoms. The number of nitrogens with zero attached hydrogens (tertiary/aromatic N) is 1. The minimum atomic E-state index is -4.35. The average molecular weight is 528 g/mol. The van der Waals surface area contributed by atoms with E-state index in [9.17, 15) is 23.1 Å². The second kappa shape index (κ2) is 10.1. The number of carboxylic acid groups (broad SMARTS) is 1. The second-order valence-electron chi connectivity index (χ2n) is 7.17. The molecule has 0 radical (unpaired) electrons. The van der Waals surface area contributed by atoms with Crippen molar-refractivity contribution in [3.63, 3.8) is 0 Å². The van der Waals surface area contributed by atoms with Gasteiger partial charge in [-0.15, -0.1) is 0 Å². The molecule has 1 unspecified atom stereocenters. The van der Waals surface area contributed by atoms with Crippen LogP contribution in [0.4, 0.5) is 13.2 Å². The van der Waals surface area contributed by atoms with E-state index >= 15 is 0 Å². The number of thiazole rings is 1. The van der Waals surface area contributed by atoms with Crippen molar-refractivity contribution in [3.05, 3.63) is 64.2 Å². The van der Waals surface area contributed by atoms with E-state index < -0.39 is 23.8 Å². The molecule has 1 N–H and O–H groups in total. The third-order valence-electron chi connectivity index (χ3n) is 4.78. The van der Waals surface area contributed by atoms with Gasteiger partial charge in [0.2, 0.25) is 0 Å². The van der Waals surface area contributed by atoms with E-state index in [0.29, 0.717) is 22.7 Å². The molecule has 0 aliphatic carbocycles. The average Bonchev–Trinajstić information content (AvgIpc) is 3.11. The third-order valence-corrected chi connectivity index (χ3v) is 8.54. The number of carboxylic acids is 1. The van der Waals surface area contributed by atoms with Crippen molar-refractivity contribution < 1.29 is 27.8 Å². The fourth-order valence-electron chi connectivity index (χ4n) is 2.94. The normalized spacial score (nSPS) is 12.6. The van der Waals surface area contributed by atoms with Crippen molar-refractivity contribution >= 4 is 36.7 Å². The van der Waals surface area contributed by atoms with Crippen LogP contribution in [0.1, 0.15) is 35.0 Å². The quantitative estimate of drug-likeness (QED) is 0.408. The van der Waals surface area contributed by atoms with Crippen molar-refractivity contribution in [3.8, 4) is 16.3 Å². The summed E-state index contributed by atoms with van der Waals surface area (Å²) in [5, 5.41) is 10.7. The summed E-state index contributed by atoms with van der Waals surface area (Å²) >= 11 is 1.62. The summed E-state index contributed by atoms with van der Waals surface area (Å²) in [5.41, 5.74) is 1.77. The zero-order chi connectivity index (χ0) is 23.5. The molecule has 0 fully saturated rings. The van der Waals surface area contributed by atoms with E-state index in [1.54, 1.807) is 6.92 Å². The number of rotatable bonds is 8. The molecule has 9 heteroatoms. The molecule has 4 nitrogen and oxygen atoms in total. The van der Waals surface area contributed by atoms with E-state index in [2.05, 4.69) is 4.98 Å². The molecule has 0 amide bonds. The maximum absolute atomic E-state index is 12.8. The summed E-state index contributed by atoms with van der Waals surface area (Å²) < 4.78 is 45.1. The number of aryl methyl sites for hydroxylation is 2. The van der Waals surface area contributed by atoms with Crippen molar-refractivity contribution in [1.82, 2.24) is 4.98 Å². The maximum atomic E-state index is 12.8. The fourth-order valence-corrected chi connectivity index (χ4v) is 6.49. The molecule has 170 valence electrons. The summed E-state index contributed by atoms with van der Waals surface area (Å²) in [5.74, 6) is -0.415. The SMILES string of the molecule is CCC(Oc1ccc([Se]Cc2sc(-c3ccc(C(F)(F)F)cc3)nc2C)cc1C)C(=O)O. The number of benzene rings is 2. The van der Waals surface area contributed by atoms with E-state index in [-0.39, 0.29) is 15.0 Å². The van der Waals surface area contributed by atoms with Crippen LogP contribution in [0.5, 0.6) is 5.75 Å². The Labute approximate surface area is 194 Å². The molecule has 0 saturated carbocycles. The first-order chi connectivity index (χ1) is 15.1. The van der Waals surface area contributed by atoms with E-state index in [1.165, 1.54) is 23.5 Å². The fraction of sp³-hybridized carbons (Fsp3) is 0.304. The second-order valence-corrected chi connectivity index (χ2v) is 10.5. The van der Waals surface area contributed by atoms with Crippen LogP contribution >= 0.6 is 11.3 Å². The van der Waals surface area contributed by atoms with Crippen LogP contribution < -0.4 is 9.20 Å². The van der Waals surface area contributed by atoms with Crippen LogP contribution in [0.25, 0.3) is 10.6 Å². The van der Waals surface area contributed by atoms with Crippen molar-refractivity contribution in [2.75, 3.05) is 0 Å². The molecule has 32 heavy (non-hydrogen) atoms. The van der Waals surface area contributed by atoms with Gasteiger partial charge in [0, 0.05) is 0 Å². The van der Waals surface area contributed by atoms with Gasteiger partial charge < -0.3 is 0 Å². The molecule has 0 spiro atoms. The Balaban J connectivity index is 1.68. The van der Waals surface area contributed by atoms with Gasteiger partial charge in [0.05, 0.1) is 0 Å². The number of ether oxygens (including phenoxy) is 1. The van der Waals surface area contributed by atoms with Gasteiger partial charge in [-0.3, -0.25) is 0 Å². The summed E-state index contributed by atoms with van der Waals surface area (Å²) in [6.45, 7) is 5.57. The molecule has 3 rings (SSSR count). The van der Waals surface area contributed by atoms with Crippen LogP contribution in [0.15, 0.2) is 42.5 Å². The summed E-state index contributed by atoms with van der Waals surface area (Å²) in [7, 11) is 0. The molecule has 3 aromatic rings. The molecular weight excluding hydrogens is 506 g/mol. The first-order valence-electron chi connectivity index (χ1n) is 9.85. The number of aromatic nitrogens is 1. The Morgan fingerprint density at radius 1 is 1.19 bits per heavy atom. The van der Waals surface area contributed by atoms with E-state index in [0.717, 1.165) is 38.0 Å². The van der Waals surface area contributed by atoms with Crippen LogP contribution in [0.2, 0.25) is 0 Å². The summed E-state index contributed by atoms with van der Waals surface area (Å²) in [6.07, 6.45) is -4.84. The molecule has 0 aliphatic rings. The van der Waals surface area contributed by atoms with Gasteiger partial charge in [0.15, 0.2) is 0 Å². The number of aliphatic carboxylic acids is 1. The number of alkyl halides is 3. The van der Waals surface area contributed by atoms with Gasteiger partial charge in [-0.25, -0.2) is 0 Å². The third kappa shape index (κ3) is 5.91. The van der Waals surface area contributed by atoms with Gasteiger partial charge in [-0.1, -0.05) is 0 Å². The molecule has 1 atom stereocenters. The van der Waals surface area contributed by atoms with Crippen LogP contribution in [0, 0.1) is 13.8 Å². The molecule has 0 saturated heterocycles. The summed E-state index contributed by atoms with van der Waals surface area (Å²) in [6, 6.07) is 10.8. The van der Waals surface area contributed by atoms with Gasteiger partial charge in [-0.05, 0) is 0 Å². The van der Waals surface area contributed by atoms with Crippen LogP contribution in [-0.2, 0) is 16.3 Å².